The zero-order chi connectivity index (χ0) is 12.1. The van der Waals surface area contributed by atoms with Gasteiger partial charge >= 0.3 is 0 Å². The molecule has 1 heterocycles. The Morgan fingerprint density at radius 2 is 1.94 bits per heavy atom. The zero-order valence-corrected chi connectivity index (χ0v) is 10.1. The normalized spacial score (nSPS) is 12.4. The Morgan fingerprint density at radius 1 is 1.18 bits per heavy atom. The smallest absolute Gasteiger partial charge is 0.193 e. The summed E-state index contributed by atoms with van der Waals surface area (Å²) in [5.41, 5.74) is 5.70. The van der Waals surface area contributed by atoms with Crippen molar-refractivity contribution >= 4 is 11.6 Å². The SMILES string of the molecule is NCC(COc1ccccc1)c1ccc(Cl)o1. The fourth-order valence-corrected chi connectivity index (χ4v) is 1.68. The van der Waals surface area contributed by atoms with E-state index >= 15 is 0 Å². The van der Waals surface area contributed by atoms with Gasteiger partial charge in [-0.3, -0.25) is 0 Å². The van der Waals surface area contributed by atoms with Gasteiger partial charge in [-0.2, -0.15) is 0 Å². The highest BCUT2D eigenvalue weighted by atomic mass is 35.5. The summed E-state index contributed by atoms with van der Waals surface area (Å²) >= 11 is 5.73. The summed E-state index contributed by atoms with van der Waals surface area (Å²) < 4.78 is 11.0. The van der Waals surface area contributed by atoms with Crippen molar-refractivity contribution in [2.45, 2.75) is 5.92 Å². The lowest BCUT2D eigenvalue weighted by atomic mass is 10.1. The second-order valence-corrected chi connectivity index (χ2v) is 4.07. The van der Waals surface area contributed by atoms with Crippen LogP contribution in [0.2, 0.25) is 5.22 Å². The van der Waals surface area contributed by atoms with Gasteiger partial charge in [0.05, 0.1) is 12.5 Å². The van der Waals surface area contributed by atoms with Gasteiger partial charge in [0.1, 0.15) is 11.5 Å². The molecule has 0 fully saturated rings. The number of nitrogens with two attached hydrogens (primary N) is 1. The van der Waals surface area contributed by atoms with Crippen LogP contribution in [0.15, 0.2) is 46.9 Å². The Balaban J connectivity index is 1.97. The van der Waals surface area contributed by atoms with E-state index in [1.165, 1.54) is 0 Å². The molecule has 1 aromatic carbocycles. The molecule has 0 aliphatic carbocycles. The second kappa shape index (κ2) is 5.75. The van der Waals surface area contributed by atoms with Gasteiger partial charge in [-0.05, 0) is 35.9 Å². The van der Waals surface area contributed by atoms with Crippen LogP contribution < -0.4 is 10.5 Å². The second-order valence-electron chi connectivity index (χ2n) is 3.70. The van der Waals surface area contributed by atoms with Gasteiger partial charge in [0.2, 0.25) is 0 Å². The van der Waals surface area contributed by atoms with Crippen molar-refractivity contribution in [3.63, 3.8) is 0 Å². The van der Waals surface area contributed by atoms with E-state index in [1.54, 1.807) is 6.07 Å². The van der Waals surface area contributed by atoms with Gasteiger partial charge in [0.25, 0.3) is 0 Å². The van der Waals surface area contributed by atoms with Crippen molar-refractivity contribution in [3.8, 4) is 5.75 Å². The van der Waals surface area contributed by atoms with Crippen molar-refractivity contribution in [3.05, 3.63) is 53.4 Å². The summed E-state index contributed by atoms with van der Waals surface area (Å²) in [6.45, 7) is 0.932. The van der Waals surface area contributed by atoms with E-state index in [0.29, 0.717) is 18.4 Å². The largest absolute Gasteiger partial charge is 0.493 e. The van der Waals surface area contributed by atoms with Gasteiger partial charge in [-0.1, -0.05) is 18.2 Å². The van der Waals surface area contributed by atoms with E-state index in [1.807, 2.05) is 36.4 Å². The predicted octanol–water partition coefficient (Wildman–Crippen LogP) is 3.05. The highest BCUT2D eigenvalue weighted by molar-refractivity contribution is 6.28. The topological polar surface area (TPSA) is 48.4 Å². The molecule has 4 heteroatoms. The Kier molecular flexibility index (Phi) is 4.07. The first-order valence-corrected chi connectivity index (χ1v) is 5.80. The van der Waals surface area contributed by atoms with Crippen molar-refractivity contribution in [1.82, 2.24) is 0 Å². The third-order valence-corrected chi connectivity index (χ3v) is 2.68. The van der Waals surface area contributed by atoms with Crippen LogP contribution in [0.1, 0.15) is 11.7 Å². The zero-order valence-electron chi connectivity index (χ0n) is 9.30. The molecular formula is C13H14ClNO2. The third kappa shape index (κ3) is 3.25. The van der Waals surface area contributed by atoms with E-state index in [2.05, 4.69) is 0 Å². The quantitative estimate of drug-likeness (QED) is 0.889. The molecule has 0 amide bonds. The predicted molar refractivity (Wildman–Crippen MR) is 67.5 cm³/mol. The minimum atomic E-state index is 0.0164. The van der Waals surface area contributed by atoms with E-state index in [-0.39, 0.29) is 5.92 Å². The number of rotatable bonds is 5. The molecule has 17 heavy (non-hydrogen) atoms. The average molecular weight is 252 g/mol. The number of hydrogen-bond donors (Lipinski definition) is 1. The van der Waals surface area contributed by atoms with E-state index in [9.17, 15) is 0 Å². The first-order valence-electron chi connectivity index (χ1n) is 5.42. The molecule has 0 spiro atoms. The molecule has 1 aromatic heterocycles. The summed E-state index contributed by atoms with van der Waals surface area (Å²) in [5, 5.41) is 0.373. The molecule has 0 bridgehead atoms. The number of furan rings is 1. The lowest BCUT2D eigenvalue weighted by Gasteiger charge is -2.13. The Morgan fingerprint density at radius 3 is 2.53 bits per heavy atom. The van der Waals surface area contributed by atoms with Gasteiger partial charge in [0, 0.05) is 6.54 Å². The average Bonchev–Trinajstić information content (AvgIpc) is 2.78. The highest BCUT2D eigenvalue weighted by Crippen LogP contribution is 2.22. The molecule has 1 unspecified atom stereocenters. The fraction of sp³-hybridized carbons (Fsp3) is 0.231. The molecule has 0 aliphatic heterocycles. The van der Waals surface area contributed by atoms with Gasteiger partial charge in [0.15, 0.2) is 5.22 Å². The monoisotopic (exact) mass is 251 g/mol. The molecular weight excluding hydrogens is 238 g/mol. The third-order valence-electron chi connectivity index (χ3n) is 2.48. The van der Waals surface area contributed by atoms with Crippen LogP contribution in [0.3, 0.4) is 0 Å². The lowest BCUT2D eigenvalue weighted by molar-refractivity contribution is 0.273. The Bertz CT molecular complexity index is 455. The summed E-state index contributed by atoms with van der Waals surface area (Å²) in [5.74, 6) is 1.60. The Hall–Kier alpha value is -1.45. The number of para-hydroxylation sites is 1. The van der Waals surface area contributed by atoms with Crippen molar-refractivity contribution in [2.24, 2.45) is 5.73 Å². The van der Waals surface area contributed by atoms with Crippen LogP contribution in [0, 0.1) is 0 Å². The summed E-state index contributed by atoms with van der Waals surface area (Å²) in [7, 11) is 0. The number of hydrogen-bond acceptors (Lipinski definition) is 3. The summed E-state index contributed by atoms with van der Waals surface area (Å²) in [6.07, 6.45) is 0. The molecule has 3 nitrogen and oxygen atoms in total. The first-order chi connectivity index (χ1) is 8.29. The molecule has 0 aliphatic rings. The van der Waals surface area contributed by atoms with E-state index in [0.717, 1.165) is 11.5 Å². The molecule has 1 atom stereocenters. The van der Waals surface area contributed by atoms with Crippen molar-refractivity contribution < 1.29 is 9.15 Å². The van der Waals surface area contributed by atoms with Crippen LogP contribution in [0.25, 0.3) is 0 Å². The minimum Gasteiger partial charge on any atom is -0.493 e. The number of benzene rings is 1. The fourth-order valence-electron chi connectivity index (χ4n) is 1.53. The molecule has 0 saturated carbocycles. The standard InChI is InChI=1S/C13H14ClNO2/c14-13-7-6-12(17-13)10(8-15)9-16-11-4-2-1-3-5-11/h1-7,10H,8-9,15H2. The summed E-state index contributed by atoms with van der Waals surface area (Å²) in [6, 6.07) is 13.1. The molecule has 2 N–H and O–H groups in total. The van der Waals surface area contributed by atoms with Crippen LogP contribution in [0.5, 0.6) is 5.75 Å². The van der Waals surface area contributed by atoms with Crippen LogP contribution >= 0.6 is 11.6 Å². The van der Waals surface area contributed by atoms with Crippen molar-refractivity contribution in [1.29, 1.82) is 0 Å². The highest BCUT2D eigenvalue weighted by Gasteiger charge is 2.14. The molecule has 0 radical (unpaired) electrons. The molecule has 0 saturated heterocycles. The molecule has 90 valence electrons. The first kappa shape index (κ1) is 12.0. The van der Waals surface area contributed by atoms with Crippen LogP contribution in [-0.4, -0.2) is 13.2 Å². The number of ether oxygens (including phenoxy) is 1. The lowest BCUT2D eigenvalue weighted by Crippen LogP contribution is -2.19. The van der Waals surface area contributed by atoms with Gasteiger partial charge < -0.3 is 14.9 Å². The molecule has 2 aromatic rings. The number of halogens is 1. The van der Waals surface area contributed by atoms with Crippen molar-refractivity contribution in [2.75, 3.05) is 13.2 Å². The maximum atomic E-state index is 5.73. The van der Waals surface area contributed by atoms with E-state index < -0.39 is 0 Å². The van der Waals surface area contributed by atoms with Crippen LogP contribution in [0.4, 0.5) is 0 Å². The van der Waals surface area contributed by atoms with E-state index in [4.69, 9.17) is 26.5 Å². The maximum Gasteiger partial charge on any atom is 0.193 e. The summed E-state index contributed by atoms with van der Waals surface area (Å²) in [4.78, 5) is 0. The minimum absolute atomic E-state index is 0.0164. The Labute approximate surface area is 105 Å². The maximum absolute atomic E-state index is 5.73. The molecule has 2 rings (SSSR count). The van der Waals surface area contributed by atoms with Gasteiger partial charge in [-0.25, -0.2) is 0 Å². The van der Waals surface area contributed by atoms with Crippen LogP contribution in [-0.2, 0) is 0 Å². The van der Waals surface area contributed by atoms with Gasteiger partial charge in [-0.15, -0.1) is 0 Å².